The van der Waals surface area contributed by atoms with Crippen molar-refractivity contribution < 1.29 is 9.00 Å². The van der Waals surface area contributed by atoms with Crippen molar-refractivity contribution in [3.63, 3.8) is 0 Å². The second kappa shape index (κ2) is 8.97. The summed E-state index contributed by atoms with van der Waals surface area (Å²) in [6.07, 6.45) is 3.51. The molecular formula is C28H24N4O2S. The molecule has 3 heterocycles. The van der Waals surface area contributed by atoms with Gasteiger partial charge in [-0.2, -0.15) is 0 Å². The Morgan fingerprint density at radius 3 is 2.60 bits per heavy atom. The maximum Gasteiger partial charge on any atom is 0.234 e. The molecule has 5 rings (SSSR count). The summed E-state index contributed by atoms with van der Waals surface area (Å²) in [6.45, 7) is 5.73. The predicted molar refractivity (Wildman–Crippen MR) is 140 cm³/mol. The molecule has 0 saturated heterocycles. The fraction of sp³-hybridized carbons (Fsp3) is 0.179. The third-order valence-corrected chi connectivity index (χ3v) is 7.46. The molecule has 7 heteroatoms. The Morgan fingerprint density at radius 1 is 1.03 bits per heavy atom. The number of carbonyl (C=O) groups is 1. The topological polar surface area (TPSA) is 84.0 Å². The van der Waals surface area contributed by atoms with Crippen LogP contribution in [-0.2, 0) is 21.0 Å². The Kier molecular flexibility index (Phi) is 5.83. The van der Waals surface area contributed by atoms with Gasteiger partial charge < -0.3 is 10.6 Å². The lowest BCUT2D eigenvalue weighted by Crippen LogP contribution is -2.26. The second-order valence-corrected chi connectivity index (χ2v) is 10.6. The Morgan fingerprint density at radius 2 is 1.83 bits per heavy atom. The van der Waals surface area contributed by atoms with E-state index in [1.807, 2.05) is 75.4 Å². The highest BCUT2D eigenvalue weighted by Crippen LogP contribution is 2.37. The van der Waals surface area contributed by atoms with E-state index in [-0.39, 0.29) is 5.91 Å². The van der Waals surface area contributed by atoms with Crippen molar-refractivity contribution in [2.24, 2.45) is 0 Å². The van der Waals surface area contributed by atoms with Crippen LogP contribution in [0.3, 0.4) is 0 Å². The van der Waals surface area contributed by atoms with Gasteiger partial charge in [-0.3, -0.25) is 9.00 Å². The van der Waals surface area contributed by atoms with Gasteiger partial charge in [-0.1, -0.05) is 18.9 Å². The van der Waals surface area contributed by atoms with Crippen LogP contribution in [0.5, 0.6) is 0 Å². The van der Waals surface area contributed by atoms with Gasteiger partial charge in [0.1, 0.15) is 11.5 Å². The standard InChI is InChI=1S/C28H24N4O2S/c1-4-35(34)21-9-7-20(8-10-21)31-26-16-22-19(17-30-26)13-14-29-24(22)12-6-18-5-11-23-25(15-18)32-27(33)28(23,2)3/h5,7-11,13-17H,4H2,1-3H3,(H,30,31)(H,32,33). The Labute approximate surface area is 206 Å². The van der Waals surface area contributed by atoms with E-state index in [1.165, 1.54) is 0 Å². The number of carbonyl (C=O) groups excluding carboxylic acids is 1. The minimum atomic E-state index is -0.978. The Balaban J connectivity index is 1.43. The molecule has 1 aliphatic heterocycles. The number of rotatable bonds is 4. The molecule has 0 fully saturated rings. The first-order valence-corrected chi connectivity index (χ1v) is 12.7. The maximum absolute atomic E-state index is 12.2. The van der Waals surface area contributed by atoms with E-state index in [1.54, 1.807) is 12.4 Å². The molecule has 0 spiro atoms. The van der Waals surface area contributed by atoms with Gasteiger partial charge in [-0.15, -0.1) is 0 Å². The number of nitrogens with zero attached hydrogens (tertiary/aromatic N) is 2. The lowest BCUT2D eigenvalue weighted by atomic mass is 9.86. The number of pyridine rings is 2. The summed E-state index contributed by atoms with van der Waals surface area (Å²) < 4.78 is 12.0. The van der Waals surface area contributed by atoms with Crippen LogP contribution in [0.4, 0.5) is 17.2 Å². The largest absolute Gasteiger partial charge is 0.340 e. The molecule has 1 atom stereocenters. The highest BCUT2D eigenvalue weighted by Gasteiger charge is 2.38. The van der Waals surface area contributed by atoms with Crippen LogP contribution in [0.2, 0.25) is 0 Å². The summed E-state index contributed by atoms with van der Waals surface area (Å²) in [7, 11) is -0.978. The van der Waals surface area contributed by atoms with Gasteiger partial charge in [0.15, 0.2) is 0 Å². The van der Waals surface area contributed by atoms with E-state index < -0.39 is 16.2 Å². The van der Waals surface area contributed by atoms with Gasteiger partial charge in [-0.25, -0.2) is 9.97 Å². The summed E-state index contributed by atoms with van der Waals surface area (Å²) in [5.41, 5.74) is 3.55. The molecule has 1 amide bonds. The minimum absolute atomic E-state index is 0.00544. The summed E-state index contributed by atoms with van der Waals surface area (Å²) >= 11 is 0. The molecule has 35 heavy (non-hydrogen) atoms. The Bertz CT molecular complexity index is 1550. The first-order chi connectivity index (χ1) is 16.8. The van der Waals surface area contributed by atoms with Gasteiger partial charge in [-0.05, 0) is 73.9 Å². The van der Waals surface area contributed by atoms with Gasteiger partial charge in [0, 0.05) is 50.8 Å². The minimum Gasteiger partial charge on any atom is -0.340 e. The molecule has 0 radical (unpaired) electrons. The number of anilines is 3. The van der Waals surface area contributed by atoms with Crippen molar-refractivity contribution in [1.82, 2.24) is 9.97 Å². The smallest absolute Gasteiger partial charge is 0.234 e. The van der Waals surface area contributed by atoms with E-state index in [0.29, 0.717) is 17.3 Å². The summed E-state index contributed by atoms with van der Waals surface area (Å²) in [6, 6.07) is 17.1. The summed E-state index contributed by atoms with van der Waals surface area (Å²) in [5, 5.41) is 8.06. The molecule has 2 N–H and O–H groups in total. The van der Waals surface area contributed by atoms with Crippen molar-refractivity contribution in [2.75, 3.05) is 16.4 Å². The predicted octanol–water partition coefficient (Wildman–Crippen LogP) is 5.13. The average Bonchev–Trinajstić information content (AvgIpc) is 3.10. The number of hydrogen-bond donors (Lipinski definition) is 2. The average molecular weight is 481 g/mol. The normalized spacial score (nSPS) is 14.5. The van der Waals surface area contributed by atoms with E-state index >= 15 is 0 Å². The zero-order valence-corrected chi connectivity index (χ0v) is 20.5. The van der Waals surface area contributed by atoms with E-state index in [2.05, 4.69) is 32.4 Å². The second-order valence-electron chi connectivity index (χ2n) is 8.82. The molecule has 2 aromatic carbocycles. The third-order valence-electron chi connectivity index (χ3n) is 6.13. The van der Waals surface area contributed by atoms with Crippen LogP contribution in [0.1, 0.15) is 37.6 Å². The Hall–Kier alpha value is -4.02. The van der Waals surface area contributed by atoms with E-state index in [9.17, 15) is 9.00 Å². The summed E-state index contributed by atoms with van der Waals surface area (Å²) in [5.74, 6) is 7.62. The molecule has 6 nitrogen and oxygen atoms in total. The molecule has 0 aliphatic carbocycles. The number of benzene rings is 2. The first-order valence-electron chi connectivity index (χ1n) is 11.3. The van der Waals surface area contributed by atoms with Gasteiger partial charge in [0.05, 0.1) is 16.2 Å². The van der Waals surface area contributed by atoms with Gasteiger partial charge >= 0.3 is 0 Å². The fourth-order valence-electron chi connectivity index (χ4n) is 4.04. The van der Waals surface area contributed by atoms with Crippen molar-refractivity contribution in [3.05, 3.63) is 83.8 Å². The molecule has 174 valence electrons. The monoisotopic (exact) mass is 480 g/mol. The van der Waals surface area contributed by atoms with E-state index in [0.717, 1.165) is 38.2 Å². The number of hydrogen-bond acceptors (Lipinski definition) is 5. The van der Waals surface area contributed by atoms with Crippen LogP contribution in [0, 0.1) is 11.8 Å². The fourth-order valence-corrected chi connectivity index (χ4v) is 4.81. The molecule has 2 aromatic heterocycles. The lowest BCUT2D eigenvalue weighted by Gasteiger charge is -2.14. The molecule has 0 bridgehead atoms. The molecule has 1 unspecified atom stereocenters. The first kappa shape index (κ1) is 22.8. The number of nitrogens with one attached hydrogen (secondary N) is 2. The maximum atomic E-state index is 12.2. The van der Waals surface area contributed by atoms with Crippen molar-refractivity contribution >= 4 is 44.7 Å². The van der Waals surface area contributed by atoms with Crippen molar-refractivity contribution in [1.29, 1.82) is 0 Å². The van der Waals surface area contributed by atoms with Crippen LogP contribution < -0.4 is 10.6 Å². The van der Waals surface area contributed by atoms with Crippen molar-refractivity contribution in [3.8, 4) is 11.8 Å². The van der Waals surface area contributed by atoms with Gasteiger partial charge in [0.2, 0.25) is 5.91 Å². The number of fused-ring (bicyclic) bond motifs is 2. The SMILES string of the molecule is CCS(=O)c1ccc(Nc2cc3c(C#Cc4ccc5c(c4)NC(=O)C5(C)C)nccc3cn2)cc1. The highest BCUT2D eigenvalue weighted by atomic mass is 32.2. The molecular weight excluding hydrogens is 456 g/mol. The number of amides is 1. The zero-order chi connectivity index (χ0) is 24.6. The lowest BCUT2D eigenvalue weighted by molar-refractivity contribution is -0.119. The van der Waals surface area contributed by atoms with Crippen molar-refractivity contribution in [2.45, 2.75) is 31.1 Å². The summed E-state index contributed by atoms with van der Waals surface area (Å²) in [4.78, 5) is 22.0. The highest BCUT2D eigenvalue weighted by molar-refractivity contribution is 7.85. The van der Waals surface area contributed by atoms with E-state index in [4.69, 9.17) is 0 Å². The zero-order valence-electron chi connectivity index (χ0n) is 19.7. The van der Waals surface area contributed by atoms with Crippen LogP contribution in [-0.4, -0.2) is 25.8 Å². The quantitative estimate of drug-likeness (QED) is 0.396. The molecule has 0 saturated carbocycles. The van der Waals surface area contributed by atoms with Crippen LogP contribution in [0.15, 0.2) is 71.9 Å². The molecule has 1 aliphatic rings. The third kappa shape index (κ3) is 4.41. The number of aromatic nitrogens is 2. The van der Waals surface area contributed by atoms with Crippen LogP contribution in [0.25, 0.3) is 10.8 Å². The molecule has 4 aromatic rings. The van der Waals surface area contributed by atoms with Gasteiger partial charge in [0.25, 0.3) is 0 Å². The van der Waals surface area contributed by atoms with Crippen LogP contribution >= 0.6 is 0 Å².